The van der Waals surface area contributed by atoms with E-state index in [4.69, 9.17) is 0 Å². The highest BCUT2D eigenvalue weighted by atomic mass is 32.2. The van der Waals surface area contributed by atoms with Gasteiger partial charge in [-0.25, -0.2) is 0 Å². The number of nitrogens with zero attached hydrogens (tertiary/aromatic N) is 2. The van der Waals surface area contributed by atoms with E-state index in [2.05, 4.69) is 35.4 Å². The van der Waals surface area contributed by atoms with Crippen LogP contribution in [-0.2, 0) is 0 Å². The minimum atomic E-state index is -0.0852. The molecule has 0 spiro atoms. The molecule has 4 heteroatoms. The Morgan fingerprint density at radius 2 is 1.94 bits per heavy atom. The lowest BCUT2D eigenvalue weighted by Gasteiger charge is -2.46. The summed E-state index contributed by atoms with van der Waals surface area (Å²) in [6.45, 7) is 9.18. The number of aliphatic hydroxyl groups excluding tert-OH is 1. The Kier molecular flexibility index (Phi) is 5.15. The molecule has 0 aliphatic carbocycles. The number of rotatable bonds is 3. The molecule has 0 aromatic heterocycles. The third-order valence-corrected chi connectivity index (χ3v) is 4.66. The molecular weight excluding hydrogens is 232 g/mol. The van der Waals surface area contributed by atoms with E-state index < -0.39 is 0 Å². The van der Waals surface area contributed by atoms with Gasteiger partial charge in [0, 0.05) is 44.1 Å². The van der Waals surface area contributed by atoms with Crippen LogP contribution in [-0.4, -0.2) is 64.9 Å². The first kappa shape index (κ1) is 13.7. The highest BCUT2D eigenvalue weighted by Gasteiger charge is 2.32. The molecule has 0 amide bonds. The van der Waals surface area contributed by atoms with E-state index in [1.807, 2.05) is 0 Å². The first-order valence-electron chi connectivity index (χ1n) is 6.90. The SMILES string of the molecule is CC(C)CN1CCC(O)CC1N1CCSCC1. The number of thioether (sulfide) groups is 1. The van der Waals surface area contributed by atoms with E-state index in [1.54, 1.807) is 0 Å². The van der Waals surface area contributed by atoms with Crippen molar-refractivity contribution in [1.82, 2.24) is 9.80 Å². The van der Waals surface area contributed by atoms with Gasteiger partial charge in [-0.3, -0.25) is 9.80 Å². The fraction of sp³-hybridized carbons (Fsp3) is 1.00. The molecule has 0 aromatic rings. The molecule has 0 radical (unpaired) electrons. The number of hydrogen-bond donors (Lipinski definition) is 1. The fourth-order valence-electron chi connectivity index (χ4n) is 2.91. The Morgan fingerprint density at radius 3 is 2.59 bits per heavy atom. The third-order valence-electron chi connectivity index (χ3n) is 3.72. The van der Waals surface area contributed by atoms with Gasteiger partial charge in [-0.05, 0) is 12.3 Å². The van der Waals surface area contributed by atoms with E-state index >= 15 is 0 Å². The first-order valence-corrected chi connectivity index (χ1v) is 8.06. The van der Waals surface area contributed by atoms with Crippen molar-refractivity contribution in [2.45, 2.75) is 39.0 Å². The number of likely N-dealkylation sites (tertiary alicyclic amines) is 1. The Morgan fingerprint density at radius 1 is 1.24 bits per heavy atom. The molecule has 3 nitrogen and oxygen atoms in total. The van der Waals surface area contributed by atoms with Crippen molar-refractivity contribution < 1.29 is 5.11 Å². The molecule has 2 aliphatic heterocycles. The van der Waals surface area contributed by atoms with Crippen LogP contribution in [0.4, 0.5) is 0 Å². The minimum Gasteiger partial charge on any atom is -0.393 e. The van der Waals surface area contributed by atoms with Crippen molar-refractivity contribution in [2.75, 3.05) is 37.7 Å². The van der Waals surface area contributed by atoms with Crippen LogP contribution >= 0.6 is 11.8 Å². The summed E-state index contributed by atoms with van der Waals surface area (Å²) in [6.07, 6.45) is 2.29. The predicted molar refractivity (Wildman–Crippen MR) is 74.3 cm³/mol. The van der Waals surface area contributed by atoms with Gasteiger partial charge in [-0.1, -0.05) is 13.8 Å². The van der Waals surface area contributed by atoms with Gasteiger partial charge in [-0.15, -0.1) is 0 Å². The summed E-state index contributed by atoms with van der Waals surface area (Å²) in [4.78, 5) is 5.18. The van der Waals surface area contributed by atoms with Gasteiger partial charge in [0.25, 0.3) is 0 Å². The second-order valence-electron chi connectivity index (χ2n) is 5.70. The standard InChI is InChI=1S/C13H26N2OS/c1-11(2)10-15-4-3-12(16)9-13(15)14-5-7-17-8-6-14/h11-13,16H,3-10H2,1-2H3. The third kappa shape index (κ3) is 3.85. The van der Waals surface area contributed by atoms with Gasteiger partial charge >= 0.3 is 0 Å². The zero-order chi connectivity index (χ0) is 12.3. The second kappa shape index (κ2) is 6.41. The molecule has 2 heterocycles. The van der Waals surface area contributed by atoms with Gasteiger partial charge in [-0.2, -0.15) is 11.8 Å². The highest BCUT2D eigenvalue weighted by Crippen LogP contribution is 2.24. The van der Waals surface area contributed by atoms with Crippen LogP contribution in [0.3, 0.4) is 0 Å². The molecule has 2 rings (SSSR count). The molecule has 100 valence electrons. The summed E-state index contributed by atoms with van der Waals surface area (Å²) >= 11 is 2.06. The topological polar surface area (TPSA) is 26.7 Å². The molecular formula is C13H26N2OS. The van der Waals surface area contributed by atoms with Gasteiger partial charge < -0.3 is 5.11 Å². The summed E-state index contributed by atoms with van der Waals surface area (Å²) in [6, 6.07) is 0. The average Bonchev–Trinajstić information content (AvgIpc) is 2.32. The maximum Gasteiger partial charge on any atom is 0.0648 e. The monoisotopic (exact) mass is 258 g/mol. The van der Waals surface area contributed by atoms with Crippen LogP contribution in [0.5, 0.6) is 0 Å². The zero-order valence-corrected chi connectivity index (χ0v) is 12.0. The summed E-state index contributed by atoms with van der Waals surface area (Å²) in [5, 5.41) is 9.90. The maximum absolute atomic E-state index is 9.90. The van der Waals surface area contributed by atoms with Crippen molar-refractivity contribution in [3.8, 4) is 0 Å². The van der Waals surface area contributed by atoms with Crippen LogP contribution in [0, 0.1) is 5.92 Å². The van der Waals surface area contributed by atoms with Crippen molar-refractivity contribution in [1.29, 1.82) is 0 Å². The Labute approximate surface area is 110 Å². The maximum atomic E-state index is 9.90. The van der Waals surface area contributed by atoms with E-state index in [-0.39, 0.29) is 6.10 Å². The molecule has 2 atom stereocenters. The van der Waals surface area contributed by atoms with E-state index in [9.17, 15) is 5.11 Å². The molecule has 2 unspecified atom stereocenters. The number of piperidine rings is 1. The highest BCUT2D eigenvalue weighted by molar-refractivity contribution is 7.99. The summed E-state index contributed by atoms with van der Waals surface area (Å²) in [5.74, 6) is 3.22. The summed E-state index contributed by atoms with van der Waals surface area (Å²) < 4.78 is 0. The second-order valence-corrected chi connectivity index (χ2v) is 6.92. The van der Waals surface area contributed by atoms with Crippen LogP contribution in [0.25, 0.3) is 0 Å². The van der Waals surface area contributed by atoms with Gasteiger partial charge in [0.05, 0.1) is 12.3 Å². The smallest absolute Gasteiger partial charge is 0.0648 e. The molecule has 1 N–H and O–H groups in total. The van der Waals surface area contributed by atoms with Crippen molar-refractivity contribution in [2.24, 2.45) is 5.92 Å². The lowest BCUT2D eigenvalue weighted by Crippen LogP contribution is -2.56. The van der Waals surface area contributed by atoms with Gasteiger partial charge in [0.1, 0.15) is 0 Å². The molecule has 17 heavy (non-hydrogen) atoms. The van der Waals surface area contributed by atoms with Crippen molar-refractivity contribution in [3.05, 3.63) is 0 Å². The predicted octanol–water partition coefficient (Wildman–Crippen LogP) is 1.47. The van der Waals surface area contributed by atoms with E-state index in [1.165, 1.54) is 31.1 Å². The summed E-state index contributed by atoms with van der Waals surface area (Å²) in [7, 11) is 0. The normalized spacial score (nSPS) is 33.2. The van der Waals surface area contributed by atoms with Crippen molar-refractivity contribution >= 4 is 11.8 Å². The molecule has 2 aliphatic rings. The van der Waals surface area contributed by atoms with Crippen molar-refractivity contribution in [3.63, 3.8) is 0 Å². The molecule has 2 saturated heterocycles. The Hall–Kier alpha value is 0.230. The van der Waals surface area contributed by atoms with E-state index in [0.717, 1.165) is 19.4 Å². The largest absolute Gasteiger partial charge is 0.393 e. The minimum absolute atomic E-state index is 0.0852. The van der Waals surface area contributed by atoms with Gasteiger partial charge in [0.2, 0.25) is 0 Å². The van der Waals surface area contributed by atoms with E-state index in [0.29, 0.717) is 12.1 Å². The Bertz CT molecular complexity index is 231. The lowest BCUT2D eigenvalue weighted by atomic mass is 10.0. The molecule has 0 saturated carbocycles. The number of hydrogen-bond acceptors (Lipinski definition) is 4. The molecule has 2 fully saturated rings. The number of aliphatic hydroxyl groups is 1. The molecule has 0 bridgehead atoms. The summed E-state index contributed by atoms with van der Waals surface area (Å²) in [5.41, 5.74) is 0. The van der Waals surface area contributed by atoms with Crippen LogP contribution in [0.2, 0.25) is 0 Å². The van der Waals surface area contributed by atoms with Crippen LogP contribution < -0.4 is 0 Å². The Balaban J connectivity index is 1.96. The zero-order valence-electron chi connectivity index (χ0n) is 11.1. The quantitative estimate of drug-likeness (QED) is 0.829. The average molecular weight is 258 g/mol. The lowest BCUT2D eigenvalue weighted by molar-refractivity contribution is -0.0373. The van der Waals surface area contributed by atoms with Crippen LogP contribution in [0.1, 0.15) is 26.7 Å². The first-order chi connectivity index (χ1) is 8.16. The fourth-order valence-corrected chi connectivity index (χ4v) is 3.84. The molecule has 0 aromatic carbocycles. The van der Waals surface area contributed by atoms with Gasteiger partial charge in [0.15, 0.2) is 0 Å². The van der Waals surface area contributed by atoms with Crippen LogP contribution in [0.15, 0.2) is 0 Å².